The van der Waals surface area contributed by atoms with Crippen molar-refractivity contribution in [2.75, 3.05) is 39.6 Å². The Kier molecular flexibility index (Phi) is 3.66. The van der Waals surface area contributed by atoms with Crippen LogP contribution in [0.3, 0.4) is 0 Å². The van der Waals surface area contributed by atoms with Crippen LogP contribution in [0.5, 0.6) is 0 Å². The summed E-state index contributed by atoms with van der Waals surface area (Å²) in [5.41, 5.74) is -0.214. The molecule has 3 rings (SSSR count). The second-order valence-electron chi connectivity index (χ2n) is 5.36. The largest absolute Gasteiger partial charge is 0.378 e. The van der Waals surface area contributed by atoms with Crippen LogP contribution in [-0.2, 0) is 23.7 Å². The molecule has 1 spiro atoms. The van der Waals surface area contributed by atoms with Crippen molar-refractivity contribution >= 4 is 5.78 Å². The van der Waals surface area contributed by atoms with Crippen molar-refractivity contribution in [3.05, 3.63) is 0 Å². The van der Waals surface area contributed by atoms with Gasteiger partial charge in [-0.2, -0.15) is 0 Å². The van der Waals surface area contributed by atoms with E-state index in [4.69, 9.17) is 18.9 Å². The summed E-state index contributed by atoms with van der Waals surface area (Å²) in [6, 6.07) is 0. The van der Waals surface area contributed by atoms with Crippen LogP contribution in [0.1, 0.15) is 19.3 Å². The van der Waals surface area contributed by atoms with Crippen molar-refractivity contribution < 1.29 is 23.7 Å². The molecular weight excluding hydrogens is 236 g/mol. The number of hydrogen-bond acceptors (Lipinski definition) is 5. The molecule has 0 amide bonds. The molecule has 0 aromatic heterocycles. The van der Waals surface area contributed by atoms with Crippen molar-refractivity contribution in [3.63, 3.8) is 0 Å². The average molecular weight is 256 g/mol. The number of carbonyl (C=O) groups is 1. The van der Waals surface area contributed by atoms with E-state index in [1.165, 1.54) is 0 Å². The molecule has 0 aliphatic carbocycles. The summed E-state index contributed by atoms with van der Waals surface area (Å²) in [5.74, 6) is 0.219. The van der Waals surface area contributed by atoms with Gasteiger partial charge in [-0.3, -0.25) is 4.79 Å². The zero-order valence-electron chi connectivity index (χ0n) is 10.6. The van der Waals surface area contributed by atoms with E-state index in [9.17, 15) is 4.79 Å². The predicted molar refractivity (Wildman–Crippen MR) is 62.4 cm³/mol. The molecule has 5 heteroatoms. The van der Waals surface area contributed by atoms with E-state index >= 15 is 0 Å². The van der Waals surface area contributed by atoms with E-state index in [0.29, 0.717) is 33.0 Å². The summed E-state index contributed by atoms with van der Waals surface area (Å²) >= 11 is 0. The van der Waals surface area contributed by atoms with Crippen LogP contribution in [0, 0.1) is 5.92 Å². The first kappa shape index (κ1) is 12.5. The van der Waals surface area contributed by atoms with E-state index in [-0.39, 0.29) is 23.4 Å². The van der Waals surface area contributed by atoms with E-state index < -0.39 is 0 Å². The van der Waals surface area contributed by atoms with Gasteiger partial charge in [-0.15, -0.1) is 0 Å². The maximum absolute atomic E-state index is 12.4. The Morgan fingerprint density at radius 1 is 1.11 bits per heavy atom. The average Bonchev–Trinajstić information content (AvgIpc) is 2.87. The first-order chi connectivity index (χ1) is 8.79. The lowest BCUT2D eigenvalue weighted by atomic mass is 9.81. The molecule has 102 valence electrons. The van der Waals surface area contributed by atoms with Crippen LogP contribution in [0.25, 0.3) is 0 Å². The Balaban J connectivity index is 1.62. The number of carbonyl (C=O) groups excluding carboxylic acids is 1. The Hall–Kier alpha value is -0.490. The van der Waals surface area contributed by atoms with E-state index in [1.807, 2.05) is 0 Å². The van der Waals surface area contributed by atoms with Crippen LogP contribution in [-0.4, -0.2) is 57.1 Å². The summed E-state index contributed by atoms with van der Waals surface area (Å²) in [4.78, 5) is 12.4. The smallest absolute Gasteiger partial charge is 0.167 e. The molecule has 0 radical (unpaired) electrons. The van der Waals surface area contributed by atoms with Gasteiger partial charge in [0.05, 0.1) is 32.0 Å². The summed E-state index contributed by atoms with van der Waals surface area (Å²) in [5, 5.41) is 0. The Morgan fingerprint density at radius 2 is 2.06 bits per heavy atom. The minimum Gasteiger partial charge on any atom is -0.378 e. The van der Waals surface area contributed by atoms with Crippen LogP contribution in [0.15, 0.2) is 0 Å². The SMILES string of the molecule is O=C(C1CCOC2(CCOC2)C1)C1COCCO1. The first-order valence-electron chi connectivity index (χ1n) is 6.74. The van der Waals surface area contributed by atoms with Crippen molar-refractivity contribution in [2.24, 2.45) is 5.92 Å². The van der Waals surface area contributed by atoms with E-state index in [1.54, 1.807) is 0 Å². The van der Waals surface area contributed by atoms with E-state index in [0.717, 1.165) is 25.9 Å². The highest BCUT2D eigenvalue weighted by molar-refractivity contribution is 5.85. The third-order valence-electron chi connectivity index (χ3n) is 4.10. The molecule has 0 bridgehead atoms. The predicted octanol–water partition coefficient (Wildman–Crippen LogP) is 0.557. The van der Waals surface area contributed by atoms with Crippen molar-refractivity contribution in [1.29, 1.82) is 0 Å². The summed E-state index contributed by atoms with van der Waals surface area (Å²) in [7, 11) is 0. The summed E-state index contributed by atoms with van der Waals surface area (Å²) < 4.78 is 22.1. The Morgan fingerprint density at radius 3 is 2.78 bits per heavy atom. The zero-order valence-corrected chi connectivity index (χ0v) is 10.6. The zero-order chi connectivity index (χ0) is 12.4. The molecule has 3 saturated heterocycles. The molecule has 0 aromatic carbocycles. The molecule has 3 fully saturated rings. The fourth-order valence-electron chi connectivity index (χ4n) is 3.05. The molecule has 5 nitrogen and oxygen atoms in total. The van der Waals surface area contributed by atoms with Gasteiger partial charge in [0, 0.05) is 25.6 Å². The van der Waals surface area contributed by atoms with Crippen LogP contribution < -0.4 is 0 Å². The van der Waals surface area contributed by atoms with Gasteiger partial charge in [-0.05, 0) is 12.8 Å². The van der Waals surface area contributed by atoms with Gasteiger partial charge in [-0.1, -0.05) is 0 Å². The fourth-order valence-corrected chi connectivity index (χ4v) is 3.05. The van der Waals surface area contributed by atoms with Gasteiger partial charge in [0.25, 0.3) is 0 Å². The highest BCUT2D eigenvalue weighted by atomic mass is 16.6. The molecule has 3 aliphatic rings. The molecule has 0 N–H and O–H groups in total. The maximum atomic E-state index is 12.4. The Labute approximate surface area is 107 Å². The van der Waals surface area contributed by atoms with Gasteiger partial charge in [-0.25, -0.2) is 0 Å². The molecule has 3 atom stereocenters. The molecule has 3 aliphatic heterocycles. The van der Waals surface area contributed by atoms with Crippen molar-refractivity contribution in [2.45, 2.75) is 31.0 Å². The van der Waals surface area contributed by atoms with Crippen LogP contribution >= 0.6 is 0 Å². The normalized spacial score (nSPS) is 41.1. The van der Waals surface area contributed by atoms with Gasteiger partial charge in [0.1, 0.15) is 6.10 Å². The number of ketones is 1. The minimum atomic E-state index is -0.374. The highest BCUT2D eigenvalue weighted by Gasteiger charge is 2.44. The third kappa shape index (κ3) is 2.45. The van der Waals surface area contributed by atoms with Crippen LogP contribution in [0.4, 0.5) is 0 Å². The second-order valence-corrected chi connectivity index (χ2v) is 5.36. The van der Waals surface area contributed by atoms with Crippen molar-refractivity contribution in [1.82, 2.24) is 0 Å². The first-order valence-corrected chi connectivity index (χ1v) is 6.74. The van der Waals surface area contributed by atoms with Crippen molar-refractivity contribution in [3.8, 4) is 0 Å². The maximum Gasteiger partial charge on any atom is 0.167 e. The third-order valence-corrected chi connectivity index (χ3v) is 4.10. The van der Waals surface area contributed by atoms with Gasteiger partial charge in [0.15, 0.2) is 5.78 Å². The number of rotatable bonds is 2. The second kappa shape index (κ2) is 5.25. The number of ether oxygens (including phenoxy) is 4. The lowest BCUT2D eigenvalue weighted by Gasteiger charge is -2.37. The monoisotopic (exact) mass is 256 g/mol. The number of Topliss-reactive ketones (excluding diaryl/α,β-unsaturated/α-hetero) is 1. The lowest BCUT2D eigenvalue weighted by molar-refractivity contribution is -0.159. The summed E-state index contributed by atoms with van der Waals surface area (Å²) in [6.07, 6.45) is 2.09. The highest BCUT2D eigenvalue weighted by Crippen LogP contribution is 2.36. The molecule has 3 unspecified atom stereocenters. The van der Waals surface area contributed by atoms with Gasteiger partial charge in [0.2, 0.25) is 0 Å². The minimum absolute atomic E-state index is 0.0344. The molecular formula is C13H20O5. The molecule has 3 heterocycles. The quantitative estimate of drug-likeness (QED) is 0.722. The Bertz CT molecular complexity index is 305. The molecule has 0 saturated carbocycles. The summed E-state index contributed by atoms with van der Waals surface area (Å²) in [6.45, 7) is 3.53. The van der Waals surface area contributed by atoms with E-state index in [2.05, 4.69) is 0 Å². The van der Waals surface area contributed by atoms with Crippen LogP contribution in [0.2, 0.25) is 0 Å². The topological polar surface area (TPSA) is 54.0 Å². The molecule has 18 heavy (non-hydrogen) atoms. The van der Waals surface area contributed by atoms with Gasteiger partial charge < -0.3 is 18.9 Å². The fraction of sp³-hybridized carbons (Fsp3) is 0.923. The molecule has 0 aromatic rings. The standard InChI is InChI=1S/C13H20O5/c14-12(11-8-15-5-6-17-11)10-1-3-18-13(7-10)2-4-16-9-13/h10-11H,1-9H2. The lowest BCUT2D eigenvalue weighted by Crippen LogP contribution is -2.46. The number of hydrogen-bond donors (Lipinski definition) is 0. The van der Waals surface area contributed by atoms with Gasteiger partial charge >= 0.3 is 0 Å².